The average molecular weight is 594 g/mol. The summed E-state index contributed by atoms with van der Waals surface area (Å²) in [5.41, 5.74) is 14.1. The molecule has 5 aromatic heterocycles. The maximum Gasteiger partial charge on any atom is 0.137 e. The van der Waals surface area contributed by atoms with Gasteiger partial charge in [0, 0.05) is 58.3 Å². The highest BCUT2D eigenvalue weighted by Crippen LogP contribution is 2.51. The molecular weight excluding hydrogens is 562 g/mol. The van der Waals surface area contributed by atoms with E-state index in [4.69, 9.17) is 9.97 Å². The molecule has 5 heteroatoms. The Morgan fingerprint density at radius 3 is 2.30 bits per heavy atom. The first-order valence-corrected chi connectivity index (χ1v) is 15.8. The number of allylic oxidation sites excluding steroid dienone is 4. The van der Waals surface area contributed by atoms with Crippen molar-refractivity contribution in [2.45, 2.75) is 32.1 Å². The van der Waals surface area contributed by atoms with Gasteiger partial charge in [0.15, 0.2) is 0 Å². The van der Waals surface area contributed by atoms with E-state index in [0.717, 1.165) is 68.5 Å². The number of hydrogen-bond acceptors (Lipinski definition) is 4. The molecule has 220 valence electrons. The molecule has 0 unspecified atom stereocenters. The normalized spacial score (nSPS) is 15.0. The van der Waals surface area contributed by atoms with Crippen LogP contribution < -0.4 is 0 Å². The van der Waals surface area contributed by atoms with Gasteiger partial charge in [0.05, 0.1) is 22.4 Å². The summed E-state index contributed by atoms with van der Waals surface area (Å²) in [4.78, 5) is 18.8. The van der Waals surface area contributed by atoms with E-state index in [1.165, 1.54) is 22.3 Å². The lowest BCUT2D eigenvalue weighted by Gasteiger charge is -2.26. The highest BCUT2D eigenvalue weighted by molar-refractivity contribution is 6.08. The number of hydrogen-bond donors (Lipinski definition) is 0. The Morgan fingerprint density at radius 2 is 1.46 bits per heavy atom. The molecule has 0 saturated heterocycles. The average Bonchev–Trinajstić information content (AvgIpc) is 3.57. The van der Waals surface area contributed by atoms with Gasteiger partial charge in [-0.3, -0.25) is 14.5 Å². The summed E-state index contributed by atoms with van der Waals surface area (Å²) in [5.74, 6) is 0.859. The van der Waals surface area contributed by atoms with E-state index in [9.17, 15) is 0 Å². The van der Waals surface area contributed by atoms with Crippen molar-refractivity contribution in [2.24, 2.45) is 0 Å². The third kappa shape index (κ3) is 4.08. The van der Waals surface area contributed by atoms with Gasteiger partial charge < -0.3 is 0 Å². The first-order chi connectivity index (χ1) is 22.6. The Bertz CT molecular complexity index is 2320. The number of pyridine rings is 4. The second-order valence-corrected chi connectivity index (χ2v) is 12.7. The highest BCUT2D eigenvalue weighted by atomic mass is 15.1. The summed E-state index contributed by atoms with van der Waals surface area (Å²) < 4.78 is 2.21. The van der Waals surface area contributed by atoms with Crippen LogP contribution in [-0.2, 0) is 5.41 Å². The van der Waals surface area contributed by atoms with Gasteiger partial charge in [0.25, 0.3) is 0 Å². The van der Waals surface area contributed by atoms with Crippen molar-refractivity contribution in [1.82, 2.24) is 24.5 Å². The quantitative estimate of drug-likeness (QED) is 0.204. The molecule has 9 rings (SSSR count). The maximum absolute atomic E-state index is 5.15. The molecule has 5 nitrogen and oxygen atoms in total. The Kier molecular flexibility index (Phi) is 5.91. The van der Waals surface area contributed by atoms with Crippen molar-refractivity contribution in [1.29, 1.82) is 0 Å². The topological polar surface area (TPSA) is 56.5 Å². The summed E-state index contributed by atoms with van der Waals surface area (Å²) in [7, 11) is 0. The van der Waals surface area contributed by atoms with E-state index in [-0.39, 0.29) is 5.41 Å². The van der Waals surface area contributed by atoms with Crippen LogP contribution >= 0.6 is 0 Å². The molecule has 0 saturated carbocycles. The molecule has 0 spiro atoms. The summed E-state index contributed by atoms with van der Waals surface area (Å²) in [6.07, 6.45) is 16.2. The van der Waals surface area contributed by atoms with E-state index in [2.05, 4.69) is 113 Å². The Hall–Kier alpha value is -5.68. The fourth-order valence-corrected chi connectivity index (χ4v) is 7.45. The molecule has 46 heavy (non-hydrogen) atoms. The lowest BCUT2D eigenvalue weighted by molar-refractivity contribution is 0.607. The first-order valence-electron chi connectivity index (χ1n) is 15.8. The Labute approximate surface area is 267 Å². The van der Waals surface area contributed by atoms with Crippen LogP contribution in [0.3, 0.4) is 0 Å². The predicted octanol–water partition coefficient (Wildman–Crippen LogP) is 9.76. The lowest BCUT2D eigenvalue weighted by atomic mass is 9.78. The summed E-state index contributed by atoms with van der Waals surface area (Å²) in [5, 5.41) is 2.28. The fraction of sp³-hybridized carbons (Fsp3) is 0.122. The summed E-state index contributed by atoms with van der Waals surface area (Å²) in [6.45, 7) is 4.75. The molecule has 2 aliphatic carbocycles. The zero-order valence-electron chi connectivity index (χ0n) is 25.8. The van der Waals surface area contributed by atoms with Crippen LogP contribution in [0.25, 0.3) is 66.8 Å². The molecule has 2 aliphatic rings. The number of benzene rings is 2. The van der Waals surface area contributed by atoms with Gasteiger partial charge in [-0.25, -0.2) is 9.97 Å². The zero-order chi connectivity index (χ0) is 30.8. The van der Waals surface area contributed by atoms with Gasteiger partial charge in [-0.05, 0) is 95.3 Å². The summed E-state index contributed by atoms with van der Waals surface area (Å²) >= 11 is 0. The van der Waals surface area contributed by atoms with Crippen LogP contribution in [0.2, 0.25) is 0 Å². The van der Waals surface area contributed by atoms with Gasteiger partial charge >= 0.3 is 0 Å². The number of aromatic nitrogens is 5. The van der Waals surface area contributed by atoms with E-state index in [1.807, 2.05) is 43.1 Å². The number of rotatable bonds is 4. The molecule has 7 aromatic rings. The van der Waals surface area contributed by atoms with E-state index >= 15 is 0 Å². The lowest BCUT2D eigenvalue weighted by Crippen LogP contribution is -2.17. The van der Waals surface area contributed by atoms with Crippen LogP contribution in [0.1, 0.15) is 37.8 Å². The molecule has 0 fully saturated rings. The predicted molar refractivity (Wildman–Crippen MR) is 187 cm³/mol. The Balaban J connectivity index is 1.17. The first kappa shape index (κ1) is 26.7. The van der Waals surface area contributed by atoms with Gasteiger partial charge in [-0.1, -0.05) is 61.9 Å². The standard InChI is InChI=1S/C41H31N5/c1-41(2)34-9-5-3-7-30(34)31-13-11-27(21-35(31)41)29-22-36(26-15-18-42-19-16-26)45-37(23-29)28-12-14-40(44-24-28)46-38-10-6-4-8-32(38)33-25-43-20-17-39(33)46/h3-4,6-8,10-25H,5,9H2,1-2H3. The third-order valence-corrected chi connectivity index (χ3v) is 9.79. The Morgan fingerprint density at radius 1 is 0.674 bits per heavy atom. The monoisotopic (exact) mass is 593 g/mol. The molecule has 5 heterocycles. The number of para-hydroxylation sites is 1. The molecular formula is C41H31N5. The largest absolute Gasteiger partial charge is 0.294 e. The fourth-order valence-electron chi connectivity index (χ4n) is 7.45. The van der Waals surface area contributed by atoms with E-state index < -0.39 is 0 Å². The van der Waals surface area contributed by atoms with Crippen molar-refractivity contribution in [2.75, 3.05) is 0 Å². The molecule has 0 N–H and O–H groups in total. The minimum absolute atomic E-state index is 0.0118. The second-order valence-electron chi connectivity index (χ2n) is 12.7. The van der Waals surface area contributed by atoms with Gasteiger partial charge in [-0.2, -0.15) is 0 Å². The molecule has 0 bridgehead atoms. The second kappa shape index (κ2) is 10.2. The van der Waals surface area contributed by atoms with Crippen LogP contribution in [0.15, 0.2) is 134 Å². The van der Waals surface area contributed by atoms with Crippen LogP contribution in [0, 0.1) is 0 Å². The van der Waals surface area contributed by atoms with Crippen molar-refractivity contribution in [3.8, 4) is 39.5 Å². The third-order valence-electron chi connectivity index (χ3n) is 9.79. The number of fused-ring (bicyclic) bond motifs is 5. The van der Waals surface area contributed by atoms with Gasteiger partial charge in [0.2, 0.25) is 0 Å². The molecule has 0 radical (unpaired) electrons. The maximum atomic E-state index is 5.15. The van der Waals surface area contributed by atoms with E-state index in [1.54, 1.807) is 5.57 Å². The minimum Gasteiger partial charge on any atom is -0.294 e. The van der Waals surface area contributed by atoms with Gasteiger partial charge in [0.1, 0.15) is 5.82 Å². The molecule has 0 aliphatic heterocycles. The van der Waals surface area contributed by atoms with Crippen LogP contribution in [0.5, 0.6) is 0 Å². The zero-order valence-corrected chi connectivity index (χ0v) is 25.8. The molecule has 2 aromatic carbocycles. The van der Waals surface area contributed by atoms with Crippen molar-refractivity contribution < 1.29 is 0 Å². The van der Waals surface area contributed by atoms with Crippen LogP contribution in [0.4, 0.5) is 0 Å². The number of nitrogens with zero attached hydrogens (tertiary/aromatic N) is 5. The van der Waals surface area contributed by atoms with Crippen LogP contribution in [-0.4, -0.2) is 24.5 Å². The van der Waals surface area contributed by atoms with Crippen molar-refractivity contribution in [3.05, 3.63) is 145 Å². The SMILES string of the molecule is CC1(C)C2=C(C=CCC2)c2ccc(-c3cc(-c4ccncc4)nc(-c4ccc(-n5c6ccccc6c6cnccc65)nc4)c3)cc21. The smallest absolute Gasteiger partial charge is 0.137 e. The highest BCUT2D eigenvalue weighted by Gasteiger charge is 2.37. The summed E-state index contributed by atoms with van der Waals surface area (Å²) in [6, 6.07) is 30.1. The van der Waals surface area contributed by atoms with E-state index in [0.29, 0.717) is 0 Å². The molecule has 0 atom stereocenters. The van der Waals surface area contributed by atoms with Crippen molar-refractivity contribution >= 4 is 27.4 Å². The molecule has 0 amide bonds. The minimum atomic E-state index is 0.0118. The van der Waals surface area contributed by atoms with Crippen molar-refractivity contribution in [3.63, 3.8) is 0 Å². The van der Waals surface area contributed by atoms with Gasteiger partial charge in [-0.15, -0.1) is 0 Å².